The number of likely N-dealkylation sites (tertiary alicyclic amines) is 1. The molecule has 4 rings (SSSR count). The van der Waals surface area contributed by atoms with E-state index >= 15 is 0 Å². The van der Waals surface area contributed by atoms with Crippen LogP contribution in [0.1, 0.15) is 39.1 Å². The number of hydrogen-bond donors (Lipinski definition) is 0. The molecule has 5 nitrogen and oxygen atoms in total. The first-order chi connectivity index (χ1) is 12.1. The SMILES string of the molecule is C[C@@H](C(=O)N1CC(c2ccccc2)C1)N1C(=O)c2ccccc2C1=O. The van der Waals surface area contributed by atoms with Crippen molar-refractivity contribution in [2.75, 3.05) is 13.1 Å². The van der Waals surface area contributed by atoms with E-state index in [0.717, 1.165) is 4.90 Å². The van der Waals surface area contributed by atoms with Gasteiger partial charge < -0.3 is 4.90 Å². The van der Waals surface area contributed by atoms with Crippen molar-refractivity contribution in [1.29, 1.82) is 0 Å². The molecule has 2 aromatic carbocycles. The predicted octanol–water partition coefficient (Wildman–Crippen LogP) is 2.30. The average molecular weight is 334 g/mol. The number of nitrogens with zero attached hydrogens (tertiary/aromatic N) is 2. The van der Waals surface area contributed by atoms with E-state index in [1.165, 1.54) is 5.56 Å². The van der Waals surface area contributed by atoms with Crippen LogP contribution in [0, 0.1) is 0 Å². The number of hydrogen-bond acceptors (Lipinski definition) is 3. The molecule has 0 radical (unpaired) electrons. The Bertz CT molecular complexity index is 821. The monoisotopic (exact) mass is 334 g/mol. The van der Waals surface area contributed by atoms with E-state index in [2.05, 4.69) is 12.1 Å². The first-order valence-electron chi connectivity index (χ1n) is 8.38. The molecule has 0 bridgehead atoms. The number of imide groups is 1. The molecule has 2 heterocycles. The van der Waals surface area contributed by atoms with Crippen LogP contribution in [-0.2, 0) is 4.79 Å². The van der Waals surface area contributed by atoms with Crippen LogP contribution in [0.3, 0.4) is 0 Å². The standard InChI is InChI=1S/C20H18N2O3/c1-13(22-19(24)16-9-5-6-10-17(16)20(22)25)18(23)21-11-15(12-21)14-7-3-2-4-8-14/h2-10,13,15H,11-12H2,1H3/t13-/m0/s1. The van der Waals surface area contributed by atoms with Gasteiger partial charge in [0.05, 0.1) is 11.1 Å². The highest BCUT2D eigenvalue weighted by Crippen LogP contribution is 2.30. The Balaban J connectivity index is 1.46. The lowest BCUT2D eigenvalue weighted by molar-refractivity contribution is -0.139. The zero-order valence-electron chi connectivity index (χ0n) is 13.9. The number of fused-ring (bicyclic) bond motifs is 1. The van der Waals surface area contributed by atoms with E-state index in [-0.39, 0.29) is 17.7 Å². The van der Waals surface area contributed by atoms with E-state index in [9.17, 15) is 14.4 Å². The van der Waals surface area contributed by atoms with E-state index in [1.807, 2.05) is 18.2 Å². The van der Waals surface area contributed by atoms with Gasteiger partial charge in [-0.3, -0.25) is 19.3 Å². The Morgan fingerprint density at radius 2 is 1.44 bits per heavy atom. The fourth-order valence-electron chi connectivity index (χ4n) is 3.53. The number of carbonyl (C=O) groups excluding carboxylic acids is 3. The molecule has 1 fully saturated rings. The summed E-state index contributed by atoms with van der Waals surface area (Å²) in [6, 6.07) is 16.0. The molecule has 1 saturated heterocycles. The number of carbonyl (C=O) groups is 3. The van der Waals surface area contributed by atoms with Crippen molar-refractivity contribution in [1.82, 2.24) is 9.80 Å². The summed E-state index contributed by atoms with van der Waals surface area (Å²) in [6.45, 7) is 2.87. The fourth-order valence-corrected chi connectivity index (χ4v) is 3.53. The molecular formula is C20H18N2O3. The molecule has 0 saturated carbocycles. The zero-order valence-corrected chi connectivity index (χ0v) is 13.9. The van der Waals surface area contributed by atoms with Crippen LogP contribution in [-0.4, -0.2) is 46.7 Å². The maximum absolute atomic E-state index is 12.7. The van der Waals surface area contributed by atoms with Gasteiger partial charge in [0.1, 0.15) is 6.04 Å². The Hall–Kier alpha value is -2.95. The zero-order chi connectivity index (χ0) is 17.6. The van der Waals surface area contributed by atoms with Gasteiger partial charge in [-0.2, -0.15) is 0 Å². The second kappa shape index (κ2) is 5.84. The lowest BCUT2D eigenvalue weighted by Gasteiger charge is -2.41. The number of amides is 3. The van der Waals surface area contributed by atoms with Crippen molar-refractivity contribution in [3.63, 3.8) is 0 Å². The summed E-state index contributed by atoms with van der Waals surface area (Å²) in [6.07, 6.45) is 0. The minimum absolute atomic E-state index is 0.179. The lowest BCUT2D eigenvalue weighted by Crippen LogP contribution is -2.56. The molecule has 0 N–H and O–H groups in total. The van der Waals surface area contributed by atoms with Crippen LogP contribution in [0.15, 0.2) is 54.6 Å². The van der Waals surface area contributed by atoms with Gasteiger partial charge >= 0.3 is 0 Å². The minimum atomic E-state index is -0.788. The van der Waals surface area contributed by atoms with Crippen molar-refractivity contribution < 1.29 is 14.4 Å². The second-order valence-corrected chi connectivity index (χ2v) is 6.55. The molecule has 2 aromatic rings. The van der Waals surface area contributed by atoms with Crippen molar-refractivity contribution in [3.05, 3.63) is 71.3 Å². The van der Waals surface area contributed by atoms with Gasteiger partial charge in [0.2, 0.25) is 5.91 Å². The molecular weight excluding hydrogens is 316 g/mol. The van der Waals surface area contributed by atoms with E-state index in [1.54, 1.807) is 36.1 Å². The molecule has 0 unspecified atom stereocenters. The van der Waals surface area contributed by atoms with Crippen LogP contribution in [0.25, 0.3) is 0 Å². The summed E-state index contributed by atoms with van der Waals surface area (Å²) in [4.78, 5) is 40.5. The molecule has 0 aliphatic carbocycles. The van der Waals surface area contributed by atoms with Gasteiger partial charge in [-0.05, 0) is 24.6 Å². The molecule has 0 aromatic heterocycles. The molecule has 2 aliphatic heterocycles. The van der Waals surface area contributed by atoms with Gasteiger partial charge in [-0.25, -0.2) is 0 Å². The third-order valence-corrected chi connectivity index (χ3v) is 5.03. The first kappa shape index (κ1) is 15.6. The molecule has 126 valence electrons. The number of rotatable bonds is 3. The largest absolute Gasteiger partial charge is 0.340 e. The van der Waals surface area contributed by atoms with E-state index in [0.29, 0.717) is 30.1 Å². The highest BCUT2D eigenvalue weighted by molar-refractivity contribution is 6.22. The summed E-state index contributed by atoms with van der Waals surface area (Å²) >= 11 is 0. The lowest BCUT2D eigenvalue weighted by atomic mass is 9.91. The highest BCUT2D eigenvalue weighted by Gasteiger charge is 2.43. The summed E-state index contributed by atoms with van der Waals surface area (Å²) < 4.78 is 0. The molecule has 3 amide bonds. The normalized spacial score (nSPS) is 18.1. The van der Waals surface area contributed by atoms with Gasteiger partial charge in [-0.1, -0.05) is 42.5 Å². The van der Waals surface area contributed by atoms with Crippen molar-refractivity contribution >= 4 is 17.7 Å². The highest BCUT2D eigenvalue weighted by atomic mass is 16.2. The predicted molar refractivity (Wildman–Crippen MR) is 92.2 cm³/mol. The summed E-state index contributed by atoms with van der Waals surface area (Å²) in [7, 11) is 0. The summed E-state index contributed by atoms with van der Waals surface area (Å²) in [5.74, 6) is -0.635. The van der Waals surface area contributed by atoms with E-state index in [4.69, 9.17) is 0 Å². The van der Waals surface area contributed by atoms with E-state index < -0.39 is 6.04 Å². The third-order valence-electron chi connectivity index (χ3n) is 5.03. The minimum Gasteiger partial charge on any atom is -0.340 e. The van der Waals surface area contributed by atoms with Crippen molar-refractivity contribution in [2.24, 2.45) is 0 Å². The molecule has 1 atom stereocenters. The van der Waals surface area contributed by atoms with Crippen LogP contribution in [0.5, 0.6) is 0 Å². The van der Waals surface area contributed by atoms with Crippen LogP contribution >= 0.6 is 0 Å². The number of benzene rings is 2. The smallest absolute Gasteiger partial charge is 0.262 e. The average Bonchev–Trinajstić information content (AvgIpc) is 2.85. The van der Waals surface area contributed by atoms with Crippen molar-refractivity contribution in [2.45, 2.75) is 18.9 Å². The molecule has 25 heavy (non-hydrogen) atoms. The molecule has 2 aliphatic rings. The maximum Gasteiger partial charge on any atom is 0.262 e. The van der Waals surface area contributed by atoms with Crippen LogP contribution in [0.4, 0.5) is 0 Å². The fraction of sp³-hybridized carbons (Fsp3) is 0.250. The summed E-state index contributed by atoms with van der Waals surface area (Å²) in [5, 5.41) is 0. The first-order valence-corrected chi connectivity index (χ1v) is 8.38. The maximum atomic E-state index is 12.7. The van der Waals surface area contributed by atoms with Crippen LogP contribution < -0.4 is 0 Å². The van der Waals surface area contributed by atoms with Crippen molar-refractivity contribution in [3.8, 4) is 0 Å². The van der Waals surface area contributed by atoms with Crippen LogP contribution in [0.2, 0.25) is 0 Å². The summed E-state index contributed by atoms with van der Waals surface area (Å²) in [5.41, 5.74) is 1.95. The Labute approximate surface area is 145 Å². The third kappa shape index (κ3) is 2.43. The quantitative estimate of drug-likeness (QED) is 0.809. The topological polar surface area (TPSA) is 57.7 Å². The Morgan fingerprint density at radius 1 is 0.920 bits per heavy atom. The molecule has 5 heteroatoms. The van der Waals surface area contributed by atoms with Gasteiger partial charge in [0, 0.05) is 19.0 Å². The van der Waals surface area contributed by atoms with Gasteiger partial charge in [0.25, 0.3) is 11.8 Å². The van der Waals surface area contributed by atoms with Gasteiger partial charge in [0.15, 0.2) is 0 Å². The van der Waals surface area contributed by atoms with Gasteiger partial charge in [-0.15, -0.1) is 0 Å². The Morgan fingerprint density at radius 3 is 2.00 bits per heavy atom. The Kier molecular flexibility index (Phi) is 3.64. The second-order valence-electron chi connectivity index (χ2n) is 6.55. The molecule has 0 spiro atoms.